The lowest BCUT2D eigenvalue weighted by Gasteiger charge is -2.23. The first-order valence-corrected chi connectivity index (χ1v) is 9.34. The van der Waals surface area contributed by atoms with Crippen LogP contribution in [0.2, 0.25) is 0 Å². The molecule has 0 saturated heterocycles. The van der Waals surface area contributed by atoms with E-state index in [9.17, 15) is 8.42 Å². The SMILES string of the molecule is CCCCN(C)S(=O)(=O)NC(CN)c1ccc2ccccc2c1.Cl. The van der Waals surface area contributed by atoms with Gasteiger partial charge in [-0.3, -0.25) is 0 Å². The second-order valence-electron chi connectivity index (χ2n) is 5.69. The van der Waals surface area contributed by atoms with Gasteiger partial charge < -0.3 is 5.73 Å². The van der Waals surface area contributed by atoms with E-state index in [2.05, 4.69) is 4.72 Å². The Morgan fingerprint density at radius 3 is 2.46 bits per heavy atom. The molecule has 0 aliphatic heterocycles. The van der Waals surface area contributed by atoms with Gasteiger partial charge >= 0.3 is 0 Å². The molecular formula is C17H26ClN3O2S. The number of halogens is 1. The minimum absolute atomic E-state index is 0. The number of hydrogen-bond acceptors (Lipinski definition) is 3. The van der Waals surface area contributed by atoms with Gasteiger partial charge in [0, 0.05) is 20.1 Å². The summed E-state index contributed by atoms with van der Waals surface area (Å²) in [5.41, 5.74) is 6.68. The Balaban J connectivity index is 0.00000288. The largest absolute Gasteiger partial charge is 0.329 e. The van der Waals surface area contributed by atoms with Crippen LogP contribution in [-0.2, 0) is 10.2 Å². The lowest BCUT2D eigenvalue weighted by atomic mass is 10.0. The maximum absolute atomic E-state index is 12.4. The number of hydrogen-bond donors (Lipinski definition) is 2. The topological polar surface area (TPSA) is 75.4 Å². The molecule has 2 rings (SSSR count). The molecule has 0 heterocycles. The quantitative estimate of drug-likeness (QED) is 0.749. The summed E-state index contributed by atoms with van der Waals surface area (Å²) in [7, 11) is -1.95. The summed E-state index contributed by atoms with van der Waals surface area (Å²) >= 11 is 0. The molecule has 24 heavy (non-hydrogen) atoms. The van der Waals surface area contributed by atoms with Crippen LogP contribution in [0.15, 0.2) is 42.5 Å². The Bertz CT molecular complexity index is 752. The molecule has 5 nitrogen and oxygen atoms in total. The highest BCUT2D eigenvalue weighted by molar-refractivity contribution is 7.87. The second-order valence-corrected chi connectivity index (χ2v) is 7.50. The van der Waals surface area contributed by atoms with Crippen molar-refractivity contribution < 1.29 is 8.42 Å². The van der Waals surface area contributed by atoms with Gasteiger partial charge in [-0.1, -0.05) is 49.7 Å². The first-order valence-electron chi connectivity index (χ1n) is 7.90. The van der Waals surface area contributed by atoms with Gasteiger partial charge in [0.15, 0.2) is 0 Å². The van der Waals surface area contributed by atoms with Crippen molar-refractivity contribution in [2.24, 2.45) is 5.73 Å². The van der Waals surface area contributed by atoms with Crippen molar-refractivity contribution in [3.05, 3.63) is 48.0 Å². The van der Waals surface area contributed by atoms with Crippen molar-refractivity contribution in [1.29, 1.82) is 0 Å². The Morgan fingerprint density at radius 2 is 1.83 bits per heavy atom. The van der Waals surface area contributed by atoms with Crippen LogP contribution < -0.4 is 10.5 Å². The third-order valence-corrected chi connectivity index (χ3v) is 5.53. The highest BCUT2D eigenvalue weighted by Gasteiger charge is 2.22. The summed E-state index contributed by atoms with van der Waals surface area (Å²) < 4.78 is 28.9. The van der Waals surface area contributed by atoms with Gasteiger partial charge in [-0.05, 0) is 28.8 Å². The third-order valence-electron chi connectivity index (χ3n) is 3.94. The molecule has 0 spiro atoms. The van der Waals surface area contributed by atoms with Gasteiger partial charge in [-0.25, -0.2) is 0 Å². The number of fused-ring (bicyclic) bond motifs is 1. The zero-order valence-electron chi connectivity index (χ0n) is 14.1. The molecule has 0 aliphatic rings. The maximum Gasteiger partial charge on any atom is 0.279 e. The zero-order chi connectivity index (χ0) is 16.9. The summed E-state index contributed by atoms with van der Waals surface area (Å²) in [6, 6.07) is 13.4. The molecule has 0 radical (unpaired) electrons. The van der Waals surface area contributed by atoms with Crippen LogP contribution in [0.4, 0.5) is 0 Å². The van der Waals surface area contributed by atoms with Crippen LogP contribution in [0, 0.1) is 0 Å². The Morgan fingerprint density at radius 1 is 1.17 bits per heavy atom. The highest BCUT2D eigenvalue weighted by Crippen LogP contribution is 2.21. The van der Waals surface area contributed by atoms with Gasteiger partial charge in [0.05, 0.1) is 6.04 Å². The maximum atomic E-state index is 12.4. The van der Waals surface area contributed by atoms with E-state index in [-0.39, 0.29) is 19.0 Å². The van der Waals surface area contributed by atoms with Crippen molar-refractivity contribution >= 4 is 33.4 Å². The Labute approximate surface area is 150 Å². The zero-order valence-corrected chi connectivity index (χ0v) is 15.7. The molecule has 2 aromatic carbocycles. The van der Waals surface area contributed by atoms with Crippen molar-refractivity contribution in [3.8, 4) is 0 Å². The molecule has 3 N–H and O–H groups in total. The first-order chi connectivity index (χ1) is 11.0. The molecule has 2 aromatic rings. The molecule has 7 heteroatoms. The van der Waals surface area contributed by atoms with Crippen molar-refractivity contribution in [3.63, 3.8) is 0 Å². The lowest BCUT2D eigenvalue weighted by molar-refractivity contribution is 0.440. The summed E-state index contributed by atoms with van der Waals surface area (Å²) in [6.07, 6.45) is 1.78. The molecule has 134 valence electrons. The predicted molar refractivity (Wildman–Crippen MR) is 103 cm³/mol. The van der Waals surface area contributed by atoms with Gasteiger partial charge in [-0.2, -0.15) is 17.4 Å². The predicted octanol–water partition coefficient (Wildman–Crippen LogP) is 2.83. The molecule has 0 aromatic heterocycles. The van der Waals surface area contributed by atoms with Gasteiger partial charge in [0.2, 0.25) is 0 Å². The number of nitrogens with zero attached hydrogens (tertiary/aromatic N) is 1. The first kappa shape index (κ1) is 20.9. The summed E-state index contributed by atoms with van der Waals surface area (Å²) in [5, 5.41) is 2.19. The van der Waals surface area contributed by atoms with Gasteiger partial charge in [0.25, 0.3) is 10.2 Å². The Kier molecular flexibility index (Phi) is 8.12. The summed E-state index contributed by atoms with van der Waals surface area (Å²) in [4.78, 5) is 0. The normalized spacial score (nSPS) is 13.0. The molecule has 1 atom stereocenters. The second kappa shape index (κ2) is 9.34. The molecule has 0 bridgehead atoms. The van der Waals surface area contributed by atoms with Crippen LogP contribution in [0.5, 0.6) is 0 Å². The molecule has 0 amide bonds. The number of nitrogens with two attached hydrogens (primary N) is 1. The molecular weight excluding hydrogens is 346 g/mol. The van der Waals surface area contributed by atoms with Crippen molar-refractivity contribution in [2.45, 2.75) is 25.8 Å². The summed E-state index contributed by atoms with van der Waals surface area (Å²) in [6.45, 7) is 2.74. The number of benzene rings is 2. The average Bonchev–Trinajstić information content (AvgIpc) is 2.57. The third kappa shape index (κ3) is 5.16. The molecule has 0 fully saturated rings. The molecule has 0 saturated carbocycles. The number of rotatable bonds is 8. The molecule has 0 aliphatic carbocycles. The summed E-state index contributed by atoms with van der Waals surface area (Å²) in [5.74, 6) is 0. The van der Waals surface area contributed by atoms with Crippen molar-refractivity contribution in [2.75, 3.05) is 20.1 Å². The van der Waals surface area contributed by atoms with Crippen LogP contribution in [-0.4, -0.2) is 32.9 Å². The van der Waals surface area contributed by atoms with E-state index in [1.54, 1.807) is 7.05 Å². The fraction of sp³-hybridized carbons (Fsp3) is 0.412. The molecule has 1 unspecified atom stereocenters. The number of unbranched alkanes of at least 4 members (excludes halogenated alkanes) is 1. The monoisotopic (exact) mass is 371 g/mol. The fourth-order valence-corrected chi connectivity index (χ4v) is 3.59. The van der Waals surface area contributed by atoms with Crippen molar-refractivity contribution in [1.82, 2.24) is 9.03 Å². The minimum atomic E-state index is -3.54. The standard InChI is InChI=1S/C17H25N3O2S.ClH/c1-3-4-11-20(2)23(21,22)19-17(13-18)16-10-9-14-7-5-6-8-15(14)12-16;/h5-10,12,17,19H,3-4,11,13,18H2,1-2H3;1H. The van der Waals surface area contributed by atoms with E-state index in [0.29, 0.717) is 6.54 Å². The van der Waals surface area contributed by atoms with Crippen LogP contribution in [0.3, 0.4) is 0 Å². The van der Waals surface area contributed by atoms with E-state index in [1.165, 1.54) is 4.31 Å². The van der Waals surface area contributed by atoms with E-state index in [4.69, 9.17) is 5.73 Å². The van der Waals surface area contributed by atoms with Crippen LogP contribution in [0.1, 0.15) is 31.4 Å². The van der Waals surface area contributed by atoms with E-state index in [1.807, 2.05) is 49.4 Å². The van der Waals surface area contributed by atoms with E-state index >= 15 is 0 Å². The lowest BCUT2D eigenvalue weighted by Crippen LogP contribution is -2.42. The highest BCUT2D eigenvalue weighted by atomic mass is 35.5. The fourth-order valence-electron chi connectivity index (χ4n) is 2.45. The Hall–Kier alpha value is -1.18. The van der Waals surface area contributed by atoms with E-state index in [0.717, 1.165) is 29.2 Å². The van der Waals surface area contributed by atoms with Gasteiger partial charge in [-0.15, -0.1) is 12.4 Å². The van der Waals surface area contributed by atoms with E-state index < -0.39 is 16.3 Å². The average molecular weight is 372 g/mol. The number of nitrogens with one attached hydrogen (secondary N) is 1. The van der Waals surface area contributed by atoms with Gasteiger partial charge in [0.1, 0.15) is 0 Å². The van der Waals surface area contributed by atoms with Crippen LogP contribution >= 0.6 is 12.4 Å². The minimum Gasteiger partial charge on any atom is -0.329 e. The smallest absolute Gasteiger partial charge is 0.279 e. The van der Waals surface area contributed by atoms with Crippen LogP contribution in [0.25, 0.3) is 10.8 Å².